The molecule has 3 N–H and O–H groups in total. The van der Waals surface area contributed by atoms with Crippen LogP contribution in [0.15, 0.2) is 54.6 Å². The molecule has 1 aliphatic heterocycles. The second-order valence-electron chi connectivity index (χ2n) is 7.90. The van der Waals surface area contributed by atoms with Crippen molar-refractivity contribution in [3.05, 3.63) is 70.7 Å². The number of amides is 1. The lowest BCUT2D eigenvalue weighted by Gasteiger charge is -2.29. The van der Waals surface area contributed by atoms with E-state index in [1.54, 1.807) is 6.92 Å². The van der Waals surface area contributed by atoms with Gasteiger partial charge in [0.05, 0.1) is 6.04 Å². The summed E-state index contributed by atoms with van der Waals surface area (Å²) in [6.45, 7) is 6.87. The van der Waals surface area contributed by atoms with Crippen molar-refractivity contribution in [3.63, 3.8) is 0 Å². The SMILES string of the molecule is CC(=O)[C@H](Cc1ccccc1)NC(=O)C[NH+]1CC[NH+](Cc2cccc(Cl)c2)CC1. The summed E-state index contributed by atoms with van der Waals surface area (Å²) in [4.78, 5) is 27.3. The maximum absolute atomic E-state index is 12.5. The Kier molecular flexibility index (Phi) is 7.81. The van der Waals surface area contributed by atoms with Crippen molar-refractivity contribution in [1.29, 1.82) is 0 Å². The predicted octanol–water partition coefficient (Wildman–Crippen LogP) is -0.0601. The van der Waals surface area contributed by atoms with Crippen molar-refractivity contribution >= 4 is 23.3 Å². The minimum absolute atomic E-state index is 0.00649. The molecule has 1 fully saturated rings. The van der Waals surface area contributed by atoms with Crippen LogP contribution in [0.4, 0.5) is 0 Å². The normalized spacial score (nSPS) is 20.1. The molecular formula is C23H30ClN3O2+2. The molecule has 0 bridgehead atoms. The first-order chi connectivity index (χ1) is 14.0. The molecule has 0 aliphatic carbocycles. The summed E-state index contributed by atoms with van der Waals surface area (Å²) < 4.78 is 0. The molecule has 1 heterocycles. The highest BCUT2D eigenvalue weighted by Crippen LogP contribution is 2.09. The van der Waals surface area contributed by atoms with Gasteiger partial charge >= 0.3 is 0 Å². The number of rotatable bonds is 8. The lowest BCUT2D eigenvalue weighted by atomic mass is 10.0. The van der Waals surface area contributed by atoms with E-state index in [1.807, 2.05) is 48.5 Å². The van der Waals surface area contributed by atoms with E-state index in [9.17, 15) is 9.59 Å². The van der Waals surface area contributed by atoms with Gasteiger partial charge in [-0.25, -0.2) is 0 Å². The lowest BCUT2D eigenvalue weighted by Crippen LogP contribution is -3.28. The number of hydrogen-bond acceptors (Lipinski definition) is 2. The molecule has 5 nitrogen and oxygen atoms in total. The number of ketones is 1. The van der Waals surface area contributed by atoms with Crippen molar-refractivity contribution in [3.8, 4) is 0 Å². The molecule has 3 rings (SSSR count). The number of quaternary nitrogens is 2. The van der Waals surface area contributed by atoms with Gasteiger partial charge in [-0.1, -0.05) is 54.1 Å². The first-order valence-electron chi connectivity index (χ1n) is 10.2. The third kappa shape index (κ3) is 6.96. The van der Waals surface area contributed by atoms with E-state index < -0.39 is 6.04 Å². The van der Waals surface area contributed by atoms with Crippen molar-refractivity contribution in [2.75, 3.05) is 32.7 Å². The number of piperazine rings is 1. The highest BCUT2D eigenvalue weighted by Gasteiger charge is 2.26. The molecule has 1 saturated heterocycles. The van der Waals surface area contributed by atoms with E-state index in [0.29, 0.717) is 13.0 Å². The Balaban J connectivity index is 1.44. The quantitative estimate of drug-likeness (QED) is 0.566. The summed E-state index contributed by atoms with van der Waals surface area (Å²) in [6, 6.07) is 17.4. The molecule has 1 amide bonds. The first kappa shape index (κ1) is 21.5. The molecule has 29 heavy (non-hydrogen) atoms. The smallest absolute Gasteiger partial charge is 0.275 e. The second-order valence-corrected chi connectivity index (χ2v) is 8.34. The average molecular weight is 416 g/mol. The largest absolute Gasteiger partial charge is 0.341 e. The molecule has 0 radical (unpaired) electrons. The first-order valence-corrected chi connectivity index (χ1v) is 10.6. The van der Waals surface area contributed by atoms with E-state index >= 15 is 0 Å². The minimum Gasteiger partial charge on any atom is -0.341 e. The standard InChI is InChI=1S/C23H28ClN3O2/c1-18(28)22(15-19-6-3-2-4-7-19)25-23(29)17-27-12-10-26(11-13-27)16-20-8-5-9-21(24)14-20/h2-9,14,22H,10-13,15-17H2,1H3,(H,25,29)/p+2/t22-/m0/s1. The van der Waals surface area contributed by atoms with Crippen molar-refractivity contribution in [2.45, 2.75) is 25.9 Å². The van der Waals surface area contributed by atoms with Crippen molar-refractivity contribution in [1.82, 2.24) is 5.32 Å². The van der Waals surface area contributed by atoms with Gasteiger partial charge in [0.2, 0.25) is 0 Å². The van der Waals surface area contributed by atoms with Gasteiger partial charge in [-0.15, -0.1) is 0 Å². The number of carbonyl (C=O) groups excluding carboxylic acids is 2. The summed E-state index contributed by atoms with van der Waals surface area (Å²) in [6.07, 6.45) is 0.537. The van der Waals surface area contributed by atoms with Crippen molar-refractivity contribution < 1.29 is 19.4 Å². The second kappa shape index (κ2) is 10.5. The molecule has 0 unspecified atom stereocenters. The van der Waals surface area contributed by atoms with Gasteiger partial charge < -0.3 is 15.1 Å². The molecule has 0 saturated carbocycles. The number of benzene rings is 2. The zero-order chi connectivity index (χ0) is 20.6. The molecule has 154 valence electrons. The van der Waals surface area contributed by atoms with Crippen molar-refractivity contribution in [2.24, 2.45) is 0 Å². The van der Waals surface area contributed by atoms with Gasteiger partial charge in [0, 0.05) is 10.6 Å². The Hall–Kier alpha value is -2.21. The molecule has 2 aromatic rings. The van der Waals surface area contributed by atoms with Crippen LogP contribution in [0, 0.1) is 0 Å². The summed E-state index contributed by atoms with van der Waals surface area (Å²) >= 11 is 6.08. The molecule has 0 spiro atoms. The molecule has 1 atom stereocenters. The van der Waals surface area contributed by atoms with Gasteiger partial charge in [-0.3, -0.25) is 9.59 Å². The monoisotopic (exact) mass is 415 g/mol. The molecular weight excluding hydrogens is 386 g/mol. The van der Waals surface area contributed by atoms with Crippen LogP contribution in [0.5, 0.6) is 0 Å². The van der Waals surface area contributed by atoms with Crippen LogP contribution in [0.3, 0.4) is 0 Å². The van der Waals surface area contributed by atoms with Gasteiger partial charge in [-0.2, -0.15) is 0 Å². The Labute approximate surface area is 177 Å². The minimum atomic E-state index is -0.459. The summed E-state index contributed by atoms with van der Waals surface area (Å²) in [5.74, 6) is -0.0533. The summed E-state index contributed by atoms with van der Waals surface area (Å²) in [7, 11) is 0. The van der Waals surface area contributed by atoms with E-state index in [-0.39, 0.29) is 11.7 Å². The summed E-state index contributed by atoms with van der Waals surface area (Å²) in [5, 5.41) is 3.72. The van der Waals surface area contributed by atoms with Crippen LogP contribution in [-0.4, -0.2) is 50.5 Å². The van der Waals surface area contributed by atoms with Gasteiger partial charge in [0.25, 0.3) is 5.91 Å². The Morgan fingerprint density at radius 1 is 0.966 bits per heavy atom. The van der Waals surface area contributed by atoms with Crippen LogP contribution in [0.2, 0.25) is 5.02 Å². The third-order valence-electron chi connectivity index (χ3n) is 5.53. The fraction of sp³-hybridized carbons (Fsp3) is 0.391. The van der Waals surface area contributed by atoms with E-state index in [4.69, 9.17) is 11.6 Å². The fourth-order valence-electron chi connectivity index (χ4n) is 3.86. The van der Waals surface area contributed by atoms with Crippen LogP contribution in [-0.2, 0) is 22.6 Å². The number of halogens is 1. The maximum Gasteiger partial charge on any atom is 0.275 e. The number of Topliss-reactive ketones (excluding diaryl/α,β-unsaturated/α-hetero) is 1. The zero-order valence-corrected chi connectivity index (χ0v) is 17.7. The van der Waals surface area contributed by atoms with E-state index in [1.165, 1.54) is 15.4 Å². The van der Waals surface area contributed by atoms with Gasteiger partial charge in [0.1, 0.15) is 32.7 Å². The Bertz CT molecular complexity index is 820. The Morgan fingerprint density at radius 3 is 2.28 bits per heavy atom. The number of carbonyl (C=O) groups is 2. The van der Waals surface area contributed by atoms with Crippen LogP contribution < -0.4 is 15.1 Å². The highest BCUT2D eigenvalue weighted by atomic mass is 35.5. The zero-order valence-electron chi connectivity index (χ0n) is 16.9. The highest BCUT2D eigenvalue weighted by molar-refractivity contribution is 6.30. The van der Waals surface area contributed by atoms with Crippen LogP contribution >= 0.6 is 11.6 Å². The van der Waals surface area contributed by atoms with Gasteiger partial charge in [0.15, 0.2) is 12.3 Å². The lowest BCUT2D eigenvalue weighted by molar-refractivity contribution is -1.02. The average Bonchev–Trinajstić information content (AvgIpc) is 2.70. The molecule has 6 heteroatoms. The Morgan fingerprint density at radius 2 is 1.62 bits per heavy atom. The topological polar surface area (TPSA) is 55.0 Å². The van der Waals surface area contributed by atoms with Crippen LogP contribution in [0.1, 0.15) is 18.1 Å². The molecule has 2 aromatic carbocycles. The fourth-order valence-corrected chi connectivity index (χ4v) is 4.08. The van der Waals surface area contributed by atoms with Gasteiger partial charge in [-0.05, 0) is 31.0 Å². The maximum atomic E-state index is 12.5. The van der Waals surface area contributed by atoms with Crippen LogP contribution in [0.25, 0.3) is 0 Å². The molecule has 1 aliphatic rings. The number of nitrogens with one attached hydrogen (secondary N) is 3. The van der Waals surface area contributed by atoms with E-state index in [2.05, 4.69) is 11.4 Å². The predicted molar refractivity (Wildman–Crippen MR) is 114 cm³/mol. The van der Waals surface area contributed by atoms with E-state index in [0.717, 1.165) is 43.3 Å². The summed E-state index contributed by atoms with van der Waals surface area (Å²) in [5.41, 5.74) is 2.30. The molecule has 0 aromatic heterocycles. The third-order valence-corrected chi connectivity index (χ3v) is 5.76. The number of hydrogen-bond donors (Lipinski definition) is 3.